The Kier molecular flexibility index (Phi) is 5.31. The maximum Gasteiger partial charge on any atom is 0.323 e. The molecule has 0 saturated carbocycles. The Bertz CT molecular complexity index is 1180. The molecular weight excluding hydrogens is 384 g/mol. The van der Waals surface area contributed by atoms with Crippen molar-refractivity contribution in [2.24, 2.45) is 0 Å². The van der Waals surface area contributed by atoms with Gasteiger partial charge < -0.3 is 9.72 Å². The van der Waals surface area contributed by atoms with E-state index in [9.17, 15) is 4.79 Å². The molecule has 4 nitrogen and oxygen atoms in total. The van der Waals surface area contributed by atoms with Crippen molar-refractivity contribution >= 4 is 16.9 Å². The van der Waals surface area contributed by atoms with Crippen LogP contribution < -0.4 is 5.32 Å². The van der Waals surface area contributed by atoms with Crippen LogP contribution in [0, 0.1) is 0 Å². The number of carbonyl (C=O) groups excluding carboxylic acids is 1. The molecule has 0 radical (unpaired) electrons. The Morgan fingerprint density at radius 3 is 2.39 bits per heavy atom. The van der Waals surface area contributed by atoms with E-state index in [0.717, 1.165) is 11.9 Å². The van der Waals surface area contributed by atoms with Crippen LogP contribution in [0.4, 0.5) is 0 Å². The monoisotopic (exact) mass is 410 g/mol. The van der Waals surface area contributed by atoms with Gasteiger partial charge in [-0.2, -0.15) is 0 Å². The lowest BCUT2D eigenvalue weighted by Gasteiger charge is -2.35. The average molecular weight is 411 g/mol. The maximum absolute atomic E-state index is 12.6. The highest BCUT2D eigenvalue weighted by Crippen LogP contribution is 2.41. The van der Waals surface area contributed by atoms with E-state index in [4.69, 9.17) is 4.74 Å². The normalized spacial score (nSPS) is 19.0. The number of H-pyrrole nitrogens is 1. The lowest BCUT2D eigenvalue weighted by Crippen LogP contribution is -2.47. The van der Waals surface area contributed by atoms with Gasteiger partial charge in [0.25, 0.3) is 0 Å². The van der Waals surface area contributed by atoms with Crippen LogP contribution in [-0.2, 0) is 22.4 Å². The summed E-state index contributed by atoms with van der Waals surface area (Å²) >= 11 is 0. The van der Waals surface area contributed by atoms with E-state index in [2.05, 4.69) is 77.0 Å². The predicted octanol–water partition coefficient (Wildman–Crippen LogP) is 4.92. The van der Waals surface area contributed by atoms with E-state index in [-0.39, 0.29) is 24.0 Å². The number of ether oxygens (including phenoxy) is 1. The highest BCUT2D eigenvalue weighted by molar-refractivity contribution is 5.87. The lowest BCUT2D eigenvalue weighted by atomic mass is 9.80. The zero-order chi connectivity index (χ0) is 21.2. The van der Waals surface area contributed by atoms with Crippen molar-refractivity contribution in [3.63, 3.8) is 0 Å². The van der Waals surface area contributed by atoms with Gasteiger partial charge in [0.2, 0.25) is 0 Å². The molecule has 1 aromatic heterocycles. The van der Waals surface area contributed by atoms with Gasteiger partial charge in [0, 0.05) is 28.9 Å². The van der Waals surface area contributed by atoms with Gasteiger partial charge in [-0.25, -0.2) is 0 Å². The van der Waals surface area contributed by atoms with Crippen LogP contribution in [0.3, 0.4) is 0 Å². The van der Waals surface area contributed by atoms with Crippen molar-refractivity contribution in [3.8, 4) is 0 Å². The van der Waals surface area contributed by atoms with Crippen molar-refractivity contribution in [1.29, 1.82) is 0 Å². The summed E-state index contributed by atoms with van der Waals surface area (Å²) in [6.07, 6.45) is 1.49. The number of methoxy groups -OCH3 is 1. The van der Waals surface area contributed by atoms with Gasteiger partial charge in [0.15, 0.2) is 0 Å². The standard InChI is InChI=1S/C27H26N2O2/c1-31-27(30)24-17-22-20-14-8-9-15-23(20)28-26(22)25(29-24)21(19-12-6-3-7-13-19)16-18-10-4-2-5-11-18/h2-15,21,24-25,28-29H,16-17H2,1H3/t21?,24-,25-/m0/s1. The van der Waals surface area contributed by atoms with Gasteiger partial charge in [-0.1, -0.05) is 78.9 Å². The van der Waals surface area contributed by atoms with Gasteiger partial charge >= 0.3 is 5.97 Å². The van der Waals surface area contributed by atoms with Crippen LogP contribution in [0.1, 0.15) is 34.3 Å². The number of aromatic nitrogens is 1. The summed E-state index contributed by atoms with van der Waals surface area (Å²) in [5.41, 5.74) is 6.01. The molecule has 1 aliphatic heterocycles. The molecule has 0 bridgehead atoms. The first-order valence-corrected chi connectivity index (χ1v) is 10.8. The SMILES string of the molecule is COC(=O)[C@@H]1Cc2c([nH]c3ccccc23)[C@H](C(Cc2ccccc2)c2ccccc2)N1. The van der Waals surface area contributed by atoms with Crippen molar-refractivity contribution in [3.05, 3.63) is 107 Å². The molecule has 0 saturated heterocycles. The number of hydrogen-bond acceptors (Lipinski definition) is 3. The summed E-state index contributed by atoms with van der Waals surface area (Å²) in [7, 11) is 1.46. The highest BCUT2D eigenvalue weighted by Gasteiger charge is 2.38. The molecule has 0 amide bonds. The number of nitrogens with one attached hydrogen (secondary N) is 2. The Hall–Kier alpha value is -3.37. The van der Waals surface area contributed by atoms with Crippen LogP contribution in [0.15, 0.2) is 84.9 Å². The van der Waals surface area contributed by atoms with Crippen LogP contribution >= 0.6 is 0 Å². The van der Waals surface area contributed by atoms with Gasteiger partial charge in [0.1, 0.15) is 6.04 Å². The third kappa shape index (κ3) is 3.75. The number of rotatable bonds is 5. The van der Waals surface area contributed by atoms with E-state index >= 15 is 0 Å². The van der Waals surface area contributed by atoms with Gasteiger partial charge in [-0.05, 0) is 29.2 Å². The molecule has 3 aromatic carbocycles. The minimum Gasteiger partial charge on any atom is -0.468 e. The molecule has 2 N–H and O–H groups in total. The van der Waals surface area contributed by atoms with E-state index in [1.165, 1.54) is 34.9 Å². The molecule has 5 rings (SSSR count). The molecule has 3 atom stereocenters. The predicted molar refractivity (Wildman–Crippen MR) is 123 cm³/mol. The second-order valence-corrected chi connectivity index (χ2v) is 8.19. The Morgan fingerprint density at radius 1 is 0.968 bits per heavy atom. The van der Waals surface area contributed by atoms with Crippen LogP contribution in [0.5, 0.6) is 0 Å². The van der Waals surface area contributed by atoms with Gasteiger partial charge in [-0.3, -0.25) is 10.1 Å². The summed E-state index contributed by atoms with van der Waals surface area (Å²) < 4.78 is 5.13. The zero-order valence-electron chi connectivity index (χ0n) is 17.5. The van der Waals surface area contributed by atoms with E-state index in [1.54, 1.807) is 0 Å². The minimum absolute atomic E-state index is 0.0390. The number of hydrogen-bond donors (Lipinski definition) is 2. The zero-order valence-corrected chi connectivity index (χ0v) is 17.5. The second kappa shape index (κ2) is 8.40. The Balaban J connectivity index is 1.64. The average Bonchev–Trinajstić information content (AvgIpc) is 3.21. The molecular formula is C27H26N2O2. The highest BCUT2D eigenvalue weighted by atomic mass is 16.5. The molecule has 2 heterocycles. The summed E-state index contributed by atoms with van der Waals surface area (Å²) in [4.78, 5) is 16.3. The summed E-state index contributed by atoms with van der Waals surface area (Å²) in [6.45, 7) is 0. The van der Waals surface area contributed by atoms with Crippen molar-refractivity contribution < 1.29 is 9.53 Å². The first kappa shape index (κ1) is 19.6. The molecule has 0 fully saturated rings. The lowest BCUT2D eigenvalue weighted by molar-refractivity contribution is -0.143. The molecule has 1 unspecified atom stereocenters. The molecule has 4 aromatic rings. The summed E-state index contributed by atoms with van der Waals surface area (Å²) in [5.74, 6) is -0.0599. The number of esters is 1. The van der Waals surface area contributed by atoms with Gasteiger partial charge in [-0.15, -0.1) is 0 Å². The fourth-order valence-electron chi connectivity index (χ4n) is 4.88. The number of para-hydroxylation sites is 1. The van der Waals surface area contributed by atoms with Gasteiger partial charge in [0.05, 0.1) is 13.2 Å². The first-order chi connectivity index (χ1) is 15.2. The number of carbonyl (C=O) groups is 1. The van der Waals surface area contributed by atoms with Crippen LogP contribution in [0.25, 0.3) is 10.9 Å². The molecule has 0 aliphatic carbocycles. The smallest absolute Gasteiger partial charge is 0.323 e. The Labute approximate surface area is 182 Å². The summed E-state index contributed by atoms with van der Waals surface area (Å²) in [5, 5.41) is 4.82. The quantitative estimate of drug-likeness (QED) is 0.459. The number of fused-ring (bicyclic) bond motifs is 3. The molecule has 4 heteroatoms. The molecule has 156 valence electrons. The second-order valence-electron chi connectivity index (χ2n) is 8.19. The minimum atomic E-state index is -0.372. The largest absolute Gasteiger partial charge is 0.468 e. The molecule has 31 heavy (non-hydrogen) atoms. The third-order valence-corrected chi connectivity index (χ3v) is 6.36. The van der Waals surface area contributed by atoms with E-state index in [1.807, 2.05) is 18.2 Å². The van der Waals surface area contributed by atoms with Crippen molar-refractivity contribution in [2.45, 2.75) is 30.8 Å². The van der Waals surface area contributed by atoms with Crippen molar-refractivity contribution in [2.75, 3.05) is 7.11 Å². The summed E-state index contributed by atoms with van der Waals surface area (Å²) in [6, 6.07) is 29.0. The molecule has 0 spiro atoms. The van der Waals surface area contributed by atoms with E-state index < -0.39 is 0 Å². The Morgan fingerprint density at radius 2 is 1.65 bits per heavy atom. The number of aromatic amines is 1. The third-order valence-electron chi connectivity index (χ3n) is 6.36. The van der Waals surface area contributed by atoms with Crippen LogP contribution in [0.2, 0.25) is 0 Å². The number of benzene rings is 3. The fraction of sp³-hybridized carbons (Fsp3) is 0.222. The first-order valence-electron chi connectivity index (χ1n) is 10.8. The maximum atomic E-state index is 12.6. The van der Waals surface area contributed by atoms with Crippen molar-refractivity contribution in [1.82, 2.24) is 10.3 Å². The van der Waals surface area contributed by atoms with Crippen LogP contribution in [-0.4, -0.2) is 24.1 Å². The fourth-order valence-corrected chi connectivity index (χ4v) is 4.88. The topological polar surface area (TPSA) is 54.1 Å². The van der Waals surface area contributed by atoms with E-state index in [0.29, 0.717) is 6.42 Å². The molecule has 1 aliphatic rings.